The van der Waals surface area contributed by atoms with Crippen molar-refractivity contribution in [2.75, 3.05) is 47.6 Å². The van der Waals surface area contributed by atoms with E-state index in [1.165, 1.54) is 0 Å². The molecular weight excluding hydrogens is 158 g/mol. The number of ether oxygens (including phenoxy) is 3. The Labute approximate surface area is 74.2 Å². The Morgan fingerprint density at radius 2 is 1.92 bits per heavy atom. The van der Waals surface area contributed by atoms with Crippen molar-refractivity contribution < 1.29 is 14.2 Å². The molecular formula is C8H19NO3. The Balaban J connectivity index is 3.34. The number of hydrogen-bond donors (Lipinski definition) is 1. The lowest BCUT2D eigenvalue weighted by molar-refractivity contribution is -0.0197. The molecule has 0 rings (SSSR count). The number of likely N-dealkylation sites (N-methyl/N-ethyl adjacent to an activating group) is 1. The van der Waals surface area contributed by atoms with Crippen molar-refractivity contribution in [1.82, 2.24) is 5.32 Å². The van der Waals surface area contributed by atoms with E-state index >= 15 is 0 Å². The van der Waals surface area contributed by atoms with Crippen LogP contribution in [0.1, 0.15) is 0 Å². The Kier molecular flexibility index (Phi) is 8.81. The SMILES string of the molecule is CNCC(COC)OCCOC. The molecule has 0 aromatic carbocycles. The van der Waals surface area contributed by atoms with Gasteiger partial charge in [0.15, 0.2) is 0 Å². The highest BCUT2D eigenvalue weighted by molar-refractivity contribution is 4.58. The van der Waals surface area contributed by atoms with Crippen LogP contribution in [-0.2, 0) is 14.2 Å². The highest BCUT2D eigenvalue weighted by atomic mass is 16.5. The lowest BCUT2D eigenvalue weighted by Gasteiger charge is -2.15. The van der Waals surface area contributed by atoms with Crippen molar-refractivity contribution >= 4 is 0 Å². The average Bonchev–Trinajstić information content (AvgIpc) is 2.06. The van der Waals surface area contributed by atoms with Gasteiger partial charge in [-0.15, -0.1) is 0 Å². The molecule has 0 heterocycles. The van der Waals surface area contributed by atoms with E-state index in [0.29, 0.717) is 19.8 Å². The molecule has 0 bridgehead atoms. The minimum absolute atomic E-state index is 0.121. The molecule has 0 spiro atoms. The Morgan fingerprint density at radius 1 is 1.17 bits per heavy atom. The summed E-state index contributed by atoms with van der Waals surface area (Å²) in [7, 11) is 5.22. The van der Waals surface area contributed by atoms with Gasteiger partial charge in [-0.1, -0.05) is 0 Å². The fourth-order valence-corrected chi connectivity index (χ4v) is 0.878. The highest BCUT2D eigenvalue weighted by Crippen LogP contribution is 1.91. The van der Waals surface area contributed by atoms with Gasteiger partial charge in [0.2, 0.25) is 0 Å². The van der Waals surface area contributed by atoms with Gasteiger partial charge < -0.3 is 19.5 Å². The second-order valence-corrected chi connectivity index (χ2v) is 2.50. The quantitative estimate of drug-likeness (QED) is 0.525. The third-order valence-corrected chi connectivity index (χ3v) is 1.43. The minimum atomic E-state index is 0.121. The van der Waals surface area contributed by atoms with E-state index in [4.69, 9.17) is 14.2 Å². The standard InChI is InChI=1S/C8H19NO3/c1-9-6-8(7-11-3)12-5-4-10-2/h8-9H,4-7H2,1-3H3. The third-order valence-electron chi connectivity index (χ3n) is 1.43. The second-order valence-electron chi connectivity index (χ2n) is 2.50. The van der Waals surface area contributed by atoms with E-state index < -0.39 is 0 Å². The van der Waals surface area contributed by atoms with Crippen LogP contribution in [0.2, 0.25) is 0 Å². The summed E-state index contributed by atoms with van der Waals surface area (Å²) in [6, 6.07) is 0. The smallest absolute Gasteiger partial charge is 0.0933 e. The maximum Gasteiger partial charge on any atom is 0.0933 e. The summed E-state index contributed by atoms with van der Waals surface area (Å²) in [6.07, 6.45) is 0.121. The molecule has 1 atom stereocenters. The summed E-state index contributed by atoms with van der Waals surface area (Å²) < 4.78 is 15.3. The molecule has 0 aliphatic carbocycles. The van der Waals surface area contributed by atoms with Crippen LogP contribution < -0.4 is 5.32 Å². The summed E-state index contributed by atoms with van der Waals surface area (Å²) in [4.78, 5) is 0. The van der Waals surface area contributed by atoms with Crippen molar-refractivity contribution in [3.8, 4) is 0 Å². The monoisotopic (exact) mass is 177 g/mol. The van der Waals surface area contributed by atoms with Crippen molar-refractivity contribution in [2.45, 2.75) is 6.10 Å². The van der Waals surface area contributed by atoms with Crippen molar-refractivity contribution in [1.29, 1.82) is 0 Å². The largest absolute Gasteiger partial charge is 0.382 e. The van der Waals surface area contributed by atoms with Gasteiger partial charge in [0.05, 0.1) is 25.9 Å². The fourth-order valence-electron chi connectivity index (χ4n) is 0.878. The Hall–Kier alpha value is -0.160. The molecule has 1 N–H and O–H groups in total. The Morgan fingerprint density at radius 3 is 2.42 bits per heavy atom. The molecule has 12 heavy (non-hydrogen) atoms. The van der Waals surface area contributed by atoms with E-state index in [0.717, 1.165) is 6.54 Å². The zero-order valence-corrected chi connectivity index (χ0v) is 8.13. The van der Waals surface area contributed by atoms with Gasteiger partial charge in [-0.05, 0) is 7.05 Å². The van der Waals surface area contributed by atoms with Crippen LogP contribution in [0.5, 0.6) is 0 Å². The molecule has 0 amide bonds. The second kappa shape index (κ2) is 8.93. The topological polar surface area (TPSA) is 39.7 Å². The van der Waals surface area contributed by atoms with Gasteiger partial charge in [-0.3, -0.25) is 0 Å². The van der Waals surface area contributed by atoms with Crippen molar-refractivity contribution in [3.05, 3.63) is 0 Å². The Bertz CT molecular complexity index is 84.4. The van der Waals surface area contributed by atoms with Gasteiger partial charge in [0.1, 0.15) is 0 Å². The van der Waals surface area contributed by atoms with Crippen molar-refractivity contribution in [2.24, 2.45) is 0 Å². The van der Waals surface area contributed by atoms with Crippen LogP contribution in [-0.4, -0.2) is 53.7 Å². The zero-order chi connectivity index (χ0) is 9.23. The number of methoxy groups -OCH3 is 2. The number of nitrogens with one attached hydrogen (secondary N) is 1. The van der Waals surface area contributed by atoms with Crippen LogP contribution in [0, 0.1) is 0 Å². The van der Waals surface area contributed by atoms with Crippen LogP contribution >= 0.6 is 0 Å². The normalized spacial score (nSPS) is 13.2. The summed E-state index contributed by atoms with van der Waals surface area (Å²) in [5.41, 5.74) is 0. The lowest BCUT2D eigenvalue weighted by Crippen LogP contribution is -2.31. The first-order valence-electron chi connectivity index (χ1n) is 4.09. The summed E-state index contributed by atoms with van der Waals surface area (Å²) >= 11 is 0. The molecule has 0 aromatic heterocycles. The first-order valence-corrected chi connectivity index (χ1v) is 4.09. The lowest BCUT2D eigenvalue weighted by atomic mass is 10.4. The summed E-state index contributed by atoms with van der Waals surface area (Å²) in [6.45, 7) is 2.66. The molecule has 0 saturated heterocycles. The molecule has 0 aliphatic rings. The molecule has 4 nitrogen and oxygen atoms in total. The van der Waals surface area contributed by atoms with Crippen LogP contribution in [0.4, 0.5) is 0 Å². The first kappa shape index (κ1) is 11.8. The number of hydrogen-bond acceptors (Lipinski definition) is 4. The maximum atomic E-state index is 5.45. The molecule has 4 heteroatoms. The first-order chi connectivity index (χ1) is 5.85. The summed E-state index contributed by atoms with van der Waals surface area (Å²) in [5, 5.41) is 3.03. The van der Waals surface area contributed by atoms with Gasteiger partial charge in [0.25, 0.3) is 0 Å². The van der Waals surface area contributed by atoms with Gasteiger partial charge in [-0.2, -0.15) is 0 Å². The predicted octanol–water partition coefficient (Wildman–Crippen LogP) is -0.116. The number of rotatable bonds is 8. The predicted molar refractivity (Wildman–Crippen MR) is 47.4 cm³/mol. The van der Waals surface area contributed by atoms with E-state index in [1.54, 1.807) is 14.2 Å². The average molecular weight is 177 g/mol. The fraction of sp³-hybridized carbons (Fsp3) is 1.00. The summed E-state index contributed by atoms with van der Waals surface area (Å²) in [5.74, 6) is 0. The van der Waals surface area contributed by atoms with E-state index in [1.807, 2.05) is 7.05 Å². The molecule has 1 unspecified atom stereocenters. The molecule has 0 saturated carbocycles. The maximum absolute atomic E-state index is 5.45. The zero-order valence-electron chi connectivity index (χ0n) is 8.13. The van der Waals surface area contributed by atoms with E-state index in [2.05, 4.69) is 5.32 Å². The van der Waals surface area contributed by atoms with Crippen LogP contribution in [0.25, 0.3) is 0 Å². The van der Waals surface area contributed by atoms with Crippen LogP contribution in [0.15, 0.2) is 0 Å². The van der Waals surface area contributed by atoms with Crippen molar-refractivity contribution in [3.63, 3.8) is 0 Å². The van der Waals surface area contributed by atoms with Gasteiger partial charge in [-0.25, -0.2) is 0 Å². The van der Waals surface area contributed by atoms with Gasteiger partial charge >= 0.3 is 0 Å². The molecule has 0 fully saturated rings. The minimum Gasteiger partial charge on any atom is -0.382 e. The third kappa shape index (κ3) is 6.54. The van der Waals surface area contributed by atoms with Crippen LogP contribution in [0.3, 0.4) is 0 Å². The van der Waals surface area contributed by atoms with Gasteiger partial charge in [0, 0.05) is 20.8 Å². The highest BCUT2D eigenvalue weighted by Gasteiger charge is 2.06. The van der Waals surface area contributed by atoms with E-state index in [9.17, 15) is 0 Å². The molecule has 0 aromatic rings. The molecule has 0 aliphatic heterocycles. The molecule has 0 radical (unpaired) electrons. The molecule has 74 valence electrons. The van der Waals surface area contributed by atoms with E-state index in [-0.39, 0.29) is 6.10 Å².